The topological polar surface area (TPSA) is 60.1 Å². The Morgan fingerprint density at radius 3 is 2.90 bits per heavy atom. The van der Waals surface area contributed by atoms with Gasteiger partial charge in [-0.05, 0) is 31.2 Å². The van der Waals surface area contributed by atoms with Gasteiger partial charge in [-0.15, -0.1) is 11.3 Å². The number of carbonyl (C=O) groups excluding carboxylic acids is 1. The molecule has 1 amide bonds. The van der Waals surface area contributed by atoms with E-state index in [2.05, 4.69) is 10.3 Å². The summed E-state index contributed by atoms with van der Waals surface area (Å²) < 4.78 is 7.18. The summed E-state index contributed by atoms with van der Waals surface area (Å²) in [5.41, 5.74) is 0.924. The van der Waals surface area contributed by atoms with Crippen molar-refractivity contribution >= 4 is 17.2 Å². The highest BCUT2D eigenvalue weighted by molar-refractivity contribution is 7.15. The minimum absolute atomic E-state index is 0.0152. The average Bonchev–Trinajstić information content (AvgIpc) is 3.17. The summed E-state index contributed by atoms with van der Waals surface area (Å²) in [7, 11) is 0. The average molecular weight is 301 g/mol. The van der Waals surface area contributed by atoms with Crippen LogP contribution in [0.25, 0.3) is 10.8 Å². The number of amides is 1. The summed E-state index contributed by atoms with van der Waals surface area (Å²) in [5.74, 6) is 0.742. The van der Waals surface area contributed by atoms with E-state index in [0.29, 0.717) is 13.1 Å². The smallest absolute Gasteiger partial charge is 0.240 e. The van der Waals surface area contributed by atoms with Crippen molar-refractivity contribution in [1.29, 1.82) is 0 Å². The van der Waals surface area contributed by atoms with Crippen LogP contribution in [0.5, 0.6) is 0 Å². The number of aryl methyl sites for hydroxylation is 1. The zero-order valence-corrected chi connectivity index (χ0v) is 12.4. The van der Waals surface area contributed by atoms with Gasteiger partial charge in [0.15, 0.2) is 10.8 Å². The highest BCUT2D eigenvalue weighted by Crippen LogP contribution is 2.27. The number of hydrogen-bond donors (Lipinski definition) is 1. The van der Waals surface area contributed by atoms with Crippen LogP contribution in [0.4, 0.5) is 0 Å². The van der Waals surface area contributed by atoms with Gasteiger partial charge < -0.3 is 14.3 Å². The first-order chi connectivity index (χ1) is 10.2. The number of aromatic nitrogens is 2. The van der Waals surface area contributed by atoms with E-state index in [0.717, 1.165) is 21.3 Å². The lowest BCUT2D eigenvalue weighted by molar-refractivity contribution is -0.121. The van der Waals surface area contributed by atoms with Crippen LogP contribution in [0, 0.1) is 6.92 Å². The summed E-state index contributed by atoms with van der Waals surface area (Å²) in [5, 5.41) is 3.76. The van der Waals surface area contributed by atoms with Crippen LogP contribution in [-0.2, 0) is 17.9 Å². The molecule has 0 fully saturated rings. The van der Waals surface area contributed by atoms with Gasteiger partial charge in [0.05, 0.1) is 18.5 Å². The van der Waals surface area contributed by atoms with Crippen molar-refractivity contribution in [3.05, 3.63) is 53.5 Å². The number of hydrogen-bond acceptors (Lipinski definition) is 4. The van der Waals surface area contributed by atoms with Crippen LogP contribution in [0.1, 0.15) is 10.6 Å². The third-order valence-corrected chi connectivity index (χ3v) is 4.24. The summed E-state index contributed by atoms with van der Waals surface area (Å²) in [6, 6.07) is 7.52. The van der Waals surface area contributed by atoms with Crippen molar-refractivity contribution in [2.75, 3.05) is 0 Å². The van der Waals surface area contributed by atoms with Crippen molar-refractivity contribution < 1.29 is 9.21 Å². The Morgan fingerprint density at radius 1 is 1.38 bits per heavy atom. The fraction of sp³-hybridized carbons (Fsp3) is 0.200. The Kier molecular flexibility index (Phi) is 3.87. The number of carbonyl (C=O) groups is 1. The summed E-state index contributed by atoms with van der Waals surface area (Å²) in [4.78, 5) is 17.4. The van der Waals surface area contributed by atoms with Gasteiger partial charge in [0.25, 0.3) is 0 Å². The van der Waals surface area contributed by atoms with Gasteiger partial charge in [-0.2, -0.15) is 0 Å². The van der Waals surface area contributed by atoms with Gasteiger partial charge in [-0.1, -0.05) is 0 Å². The maximum Gasteiger partial charge on any atom is 0.240 e. The number of nitrogens with one attached hydrogen (secondary N) is 1. The summed E-state index contributed by atoms with van der Waals surface area (Å²) >= 11 is 1.54. The molecule has 0 aromatic carbocycles. The van der Waals surface area contributed by atoms with Crippen molar-refractivity contribution in [2.45, 2.75) is 20.0 Å². The summed E-state index contributed by atoms with van der Waals surface area (Å²) in [6.45, 7) is 2.76. The fourth-order valence-electron chi connectivity index (χ4n) is 1.97. The molecule has 0 aliphatic rings. The molecule has 0 unspecified atom stereocenters. The van der Waals surface area contributed by atoms with Gasteiger partial charge in [0, 0.05) is 17.3 Å². The molecule has 0 radical (unpaired) electrons. The largest absolute Gasteiger partial charge is 0.462 e. The van der Waals surface area contributed by atoms with Gasteiger partial charge in [-0.25, -0.2) is 4.98 Å². The van der Waals surface area contributed by atoms with Gasteiger partial charge >= 0.3 is 0 Å². The minimum Gasteiger partial charge on any atom is -0.462 e. The Hall–Kier alpha value is -2.34. The predicted molar refractivity (Wildman–Crippen MR) is 80.8 cm³/mol. The number of nitrogens with zero attached hydrogens (tertiary/aromatic N) is 2. The lowest BCUT2D eigenvalue weighted by atomic mass is 10.4. The molecule has 3 rings (SSSR count). The standard InChI is InChI=1S/C15H15N3O2S/c1-11-13(21-15(17-11)12-5-4-8-20-12)9-16-14(19)10-18-6-2-3-7-18/h2-8H,9-10H2,1H3,(H,16,19). The maximum absolute atomic E-state index is 11.9. The van der Waals surface area contributed by atoms with Gasteiger partial charge in [0.1, 0.15) is 6.54 Å². The van der Waals surface area contributed by atoms with Gasteiger partial charge in [0.2, 0.25) is 5.91 Å². The number of furan rings is 1. The molecule has 3 aromatic heterocycles. The van der Waals surface area contributed by atoms with Crippen molar-refractivity contribution in [2.24, 2.45) is 0 Å². The Labute approximate surface area is 126 Å². The highest BCUT2D eigenvalue weighted by atomic mass is 32.1. The van der Waals surface area contributed by atoms with E-state index in [1.165, 1.54) is 0 Å². The third-order valence-electron chi connectivity index (χ3n) is 3.06. The molecule has 3 heterocycles. The molecule has 5 nitrogen and oxygen atoms in total. The Bertz CT molecular complexity index is 714. The SMILES string of the molecule is Cc1nc(-c2ccco2)sc1CNC(=O)Cn1cccc1. The second-order valence-electron chi connectivity index (χ2n) is 4.64. The lowest BCUT2D eigenvalue weighted by Crippen LogP contribution is -2.26. The fourth-order valence-corrected chi connectivity index (χ4v) is 2.94. The highest BCUT2D eigenvalue weighted by Gasteiger charge is 2.12. The molecule has 0 aliphatic carbocycles. The molecule has 3 aromatic rings. The molecule has 0 saturated heterocycles. The van der Waals surface area contributed by atoms with Crippen LogP contribution in [-0.4, -0.2) is 15.5 Å². The van der Waals surface area contributed by atoms with E-state index in [9.17, 15) is 4.79 Å². The second-order valence-corrected chi connectivity index (χ2v) is 5.72. The predicted octanol–water partition coefficient (Wildman–Crippen LogP) is 2.83. The van der Waals surface area contributed by atoms with Crippen LogP contribution in [0.2, 0.25) is 0 Å². The minimum atomic E-state index is -0.0152. The lowest BCUT2D eigenvalue weighted by Gasteiger charge is -2.05. The monoisotopic (exact) mass is 301 g/mol. The molecule has 0 aliphatic heterocycles. The molecule has 108 valence electrons. The molecule has 6 heteroatoms. The van der Waals surface area contributed by atoms with Crippen molar-refractivity contribution in [3.8, 4) is 10.8 Å². The zero-order valence-electron chi connectivity index (χ0n) is 11.6. The quantitative estimate of drug-likeness (QED) is 0.788. The van der Waals surface area contributed by atoms with Crippen LogP contribution < -0.4 is 5.32 Å². The van der Waals surface area contributed by atoms with E-state index in [1.54, 1.807) is 17.6 Å². The third kappa shape index (κ3) is 3.22. The molecule has 0 saturated carbocycles. The molecular formula is C15H15N3O2S. The number of rotatable bonds is 5. The van der Waals surface area contributed by atoms with Crippen molar-refractivity contribution in [3.63, 3.8) is 0 Å². The second kappa shape index (κ2) is 5.97. The van der Waals surface area contributed by atoms with E-state index in [1.807, 2.05) is 48.1 Å². The molecular weight excluding hydrogens is 286 g/mol. The maximum atomic E-state index is 11.9. The van der Waals surface area contributed by atoms with E-state index in [4.69, 9.17) is 4.42 Å². The molecule has 0 atom stereocenters. The van der Waals surface area contributed by atoms with E-state index in [-0.39, 0.29) is 5.91 Å². The zero-order chi connectivity index (χ0) is 14.7. The van der Waals surface area contributed by atoms with Crippen LogP contribution in [0.3, 0.4) is 0 Å². The van der Waals surface area contributed by atoms with E-state index < -0.39 is 0 Å². The van der Waals surface area contributed by atoms with Gasteiger partial charge in [-0.3, -0.25) is 4.79 Å². The molecule has 1 N–H and O–H groups in total. The first kappa shape index (κ1) is 13.6. The Balaban J connectivity index is 1.61. The first-order valence-electron chi connectivity index (χ1n) is 6.60. The van der Waals surface area contributed by atoms with Crippen LogP contribution >= 0.6 is 11.3 Å². The van der Waals surface area contributed by atoms with E-state index >= 15 is 0 Å². The Morgan fingerprint density at radius 2 is 2.19 bits per heavy atom. The summed E-state index contributed by atoms with van der Waals surface area (Å²) in [6.07, 6.45) is 5.36. The van der Waals surface area contributed by atoms with Crippen LogP contribution in [0.15, 0.2) is 47.3 Å². The normalized spacial score (nSPS) is 10.7. The first-order valence-corrected chi connectivity index (χ1v) is 7.41. The van der Waals surface area contributed by atoms with Crippen molar-refractivity contribution in [1.82, 2.24) is 14.9 Å². The number of thiazole rings is 1. The molecule has 0 spiro atoms. The molecule has 0 bridgehead atoms. The molecule has 21 heavy (non-hydrogen) atoms.